The molecule has 0 unspecified atom stereocenters. The molecule has 0 spiro atoms. The van der Waals surface area contributed by atoms with Crippen LogP contribution in [0.3, 0.4) is 0 Å². The lowest BCUT2D eigenvalue weighted by Crippen LogP contribution is -2.31. The van der Waals surface area contributed by atoms with E-state index in [0.29, 0.717) is 12.5 Å². The quantitative estimate of drug-likeness (QED) is 0.845. The van der Waals surface area contributed by atoms with E-state index in [-0.39, 0.29) is 11.8 Å². The van der Waals surface area contributed by atoms with Crippen LogP contribution in [0.25, 0.3) is 0 Å². The Kier molecular flexibility index (Phi) is 3.97. The summed E-state index contributed by atoms with van der Waals surface area (Å²) in [5.74, 6) is 0.354. The van der Waals surface area contributed by atoms with Crippen LogP contribution in [0.15, 0.2) is 36.0 Å². The van der Waals surface area contributed by atoms with Gasteiger partial charge in [-0.3, -0.25) is 0 Å². The first-order chi connectivity index (χ1) is 8.65. The third-order valence-corrected chi connectivity index (χ3v) is 2.99. The third kappa shape index (κ3) is 3.87. The van der Waals surface area contributed by atoms with Crippen molar-refractivity contribution in [1.82, 2.24) is 10.6 Å². The maximum Gasteiger partial charge on any atom is 0.319 e. The number of halogens is 1. The average Bonchev–Trinajstić information content (AvgIpc) is 3.17. The number of rotatable bonds is 4. The minimum atomic E-state index is -0.292. The monoisotopic (exact) mass is 248 g/mol. The molecular formula is C14H17FN2O. The Balaban J connectivity index is 1.76. The van der Waals surface area contributed by atoms with Crippen LogP contribution in [-0.4, -0.2) is 6.03 Å². The first kappa shape index (κ1) is 12.6. The van der Waals surface area contributed by atoms with E-state index in [9.17, 15) is 9.18 Å². The van der Waals surface area contributed by atoms with Crippen LogP contribution in [0.4, 0.5) is 9.18 Å². The van der Waals surface area contributed by atoms with E-state index in [4.69, 9.17) is 0 Å². The zero-order chi connectivity index (χ0) is 13.0. The van der Waals surface area contributed by atoms with Gasteiger partial charge in [-0.2, -0.15) is 0 Å². The highest BCUT2D eigenvalue weighted by Crippen LogP contribution is 2.35. The van der Waals surface area contributed by atoms with E-state index in [1.54, 1.807) is 18.3 Å². The van der Waals surface area contributed by atoms with Crippen molar-refractivity contribution in [2.24, 2.45) is 5.92 Å². The van der Waals surface area contributed by atoms with Crippen LogP contribution in [0, 0.1) is 11.7 Å². The standard InChI is InChI=1S/C14H17FN2O/c1-10(12-5-6-12)8-16-14(18)17-9-11-3-2-4-13(15)7-11/h2-4,7-8,12H,5-6,9H2,1H3,(H2,16,17,18)/b10-8+. The number of hydrogen-bond donors (Lipinski definition) is 2. The fourth-order valence-electron chi connectivity index (χ4n) is 1.72. The van der Waals surface area contributed by atoms with Crippen LogP contribution in [0.5, 0.6) is 0 Å². The highest BCUT2D eigenvalue weighted by Gasteiger charge is 2.22. The minimum Gasteiger partial charge on any atom is -0.334 e. The third-order valence-electron chi connectivity index (χ3n) is 2.99. The van der Waals surface area contributed by atoms with Gasteiger partial charge < -0.3 is 10.6 Å². The number of nitrogens with one attached hydrogen (secondary N) is 2. The van der Waals surface area contributed by atoms with E-state index in [1.165, 1.54) is 30.5 Å². The maximum atomic E-state index is 12.9. The molecule has 2 N–H and O–H groups in total. The zero-order valence-corrected chi connectivity index (χ0v) is 10.4. The van der Waals surface area contributed by atoms with Gasteiger partial charge in [-0.25, -0.2) is 9.18 Å². The molecule has 2 amide bonds. The summed E-state index contributed by atoms with van der Waals surface area (Å²) in [7, 11) is 0. The summed E-state index contributed by atoms with van der Waals surface area (Å²) in [5, 5.41) is 5.36. The Labute approximate surface area is 106 Å². The van der Waals surface area contributed by atoms with Crippen molar-refractivity contribution >= 4 is 6.03 Å². The maximum absolute atomic E-state index is 12.9. The lowest BCUT2D eigenvalue weighted by atomic mass is 10.2. The largest absolute Gasteiger partial charge is 0.334 e. The SMILES string of the molecule is C/C(=C\NC(=O)NCc1cccc(F)c1)C1CC1. The van der Waals surface area contributed by atoms with Crippen molar-refractivity contribution in [3.63, 3.8) is 0 Å². The van der Waals surface area contributed by atoms with Gasteiger partial charge in [0.05, 0.1) is 0 Å². The molecule has 0 heterocycles. The highest BCUT2D eigenvalue weighted by molar-refractivity contribution is 5.74. The van der Waals surface area contributed by atoms with Crippen LogP contribution in [-0.2, 0) is 6.54 Å². The topological polar surface area (TPSA) is 41.1 Å². The molecular weight excluding hydrogens is 231 g/mol. The van der Waals surface area contributed by atoms with Gasteiger partial charge in [-0.15, -0.1) is 0 Å². The molecule has 0 aromatic heterocycles. The van der Waals surface area contributed by atoms with Crippen LogP contribution in [0.1, 0.15) is 25.3 Å². The van der Waals surface area contributed by atoms with Crippen molar-refractivity contribution in [3.8, 4) is 0 Å². The van der Waals surface area contributed by atoms with E-state index >= 15 is 0 Å². The number of benzene rings is 1. The molecule has 96 valence electrons. The highest BCUT2D eigenvalue weighted by atomic mass is 19.1. The smallest absolute Gasteiger partial charge is 0.319 e. The van der Waals surface area contributed by atoms with Crippen LogP contribution < -0.4 is 10.6 Å². The number of carbonyl (C=O) groups excluding carboxylic acids is 1. The van der Waals surface area contributed by atoms with Gasteiger partial charge in [0, 0.05) is 12.7 Å². The van der Waals surface area contributed by atoms with Gasteiger partial charge in [0.1, 0.15) is 5.82 Å². The first-order valence-electron chi connectivity index (χ1n) is 6.10. The molecule has 0 radical (unpaired) electrons. The van der Waals surface area contributed by atoms with Gasteiger partial charge >= 0.3 is 6.03 Å². The molecule has 1 aromatic carbocycles. The van der Waals surface area contributed by atoms with Crippen LogP contribution in [0.2, 0.25) is 0 Å². The number of allylic oxidation sites excluding steroid dienone is 1. The average molecular weight is 248 g/mol. The van der Waals surface area contributed by atoms with Gasteiger partial charge in [0.25, 0.3) is 0 Å². The molecule has 1 fully saturated rings. The van der Waals surface area contributed by atoms with Gasteiger partial charge in [0.2, 0.25) is 0 Å². The summed E-state index contributed by atoms with van der Waals surface area (Å²) in [4.78, 5) is 11.5. The molecule has 3 nitrogen and oxygen atoms in total. The Morgan fingerprint density at radius 2 is 2.28 bits per heavy atom. The van der Waals surface area contributed by atoms with Crippen molar-refractivity contribution in [3.05, 3.63) is 47.4 Å². The minimum absolute atomic E-state index is 0.265. The predicted molar refractivity (Wildman–Crippen MR) is 68.3 cm³/mol. The Morgan fingerprint density at radius 3 is 2.94 bits per heavy atom. The van der Waals surface area contributed by atoms with Gasteiger partial charge in [-0.05, 0) is 43.4 Å². The van der Waals surface area contributed by atoms with E-state index < -0.39 is 0 Å². The number of urea groups is 1. The fraction of sp³-hybridized carbons (Fsp3) is 0.357. The molecule has 1 aromatic rings. The Bertz CT molecular complexity index is 467. The Hall–Kier alpha value is -1.84. The molecule has 2 rings (SSSR count). The molecule has 0 bridgehead atoms. The molecule has 0 saturated heterocycles. The summed E-state index contributed by atoms with van der Waals surface area (Å²) in [6.07, 6.45) is 4.18. The number of amides is 2. The lowest BCUT2D eigenvalue weighted by molar-refractivity contribution is 0.243. The summed E-state index contributed by atoms with van der Waals surface area (Å²) < 4.78 is 12.9. The predicted octanol–water partition coefficient (Wildman–Crippen LogP) is 2.94. The van der Waals surface area contributed by atoms with Crippen molar-refractivity contribution in [1.29, 1.82) is 0 Å². The van der Waals surface area contributed by atoms with E-state index in [2.05, 4.69) is 10.6 Å². The van der Waals surface area contributed by atoms with Gasteiger partial charge in [0.15, 0.2) is 0 Å². The van der Waals surface area contributed by atoms with Gasteiger partial charge in [-0.1, -0.05) is 17.7 Å². The number of carbonyl (C=O) groups is 1. The van der Waals surface area contributed by atoms with Crippen molar-refractivity contribution in [2.75, 3.05) is 0 Å². The van der Waals surface area contributed by atoms with Crippen molar-refractivity contribution in [2.45, 2.75) is 26.3 Å². The molecule has 0 aliphatic heterocycles. The molecule has 4 heteroatoms. The normalized spacial score (nSPS) is 15.3. The second-order valence-electron chi connectivity index (χ2n) is 4.62. The van der Waals surface area contributed by atoms with E-state index in [0.717, 1.165) is 5.56 Å². The second kappa shape index (κ2) is 5.67. The summed E-state index contributed by atoms with van der Waals surface area (Å²) in [5.41, 5.74) is 1.95. The molecule has 0 atom stereocenters. The molecule has 1 aliphatic rings. The molecule has 1 aliphatic carbocycles. The van der Waals surface area contributed by atoms with Crippen LogP contribution >= 0.6 is 0 Å². The van der Waals surface area contributed by atoms with E-state index in [1.807, 2.05) is 6.92 Å². The summed E-state index contributed by atoms with van der Waals surface area (Å²) >= 11 is 0. The summed E-state index contributed by atoms with van der Waals surface area (Å²) in [6, 6.07) is 5.92. The van der Waals surface area contributed by atoms with Crippen molar-refractivity contribution < 1.29 is 9.18 Å². The fourth-order valence-corrected chi connectivity index (χ4v) is 1.72. The molecule has 1 saturated carbocycles. The zero-order valence-electron chi connectivity index (χ0n) is 10.4. The summed E-state index contributed by atoms with van der Waals surface area (Å²) in [6.45, 7) is 2.34. The first-order valence-corrected chi connectivity index (χ1v) is 6.10. The number of hydrogen-bond acceptors (Lipinski definition) is 1. The second-order valence-corrected chi connectivity index (χ2v) is 4.62. The molecule has 18 heavy (non-hydrogen) atoms. The Morgan fingerprint density at radius 1 is 1.50 bits per heavy atom. The lowest BCUT2D eigenvalue weighted by Gasteiger charge is -2.05.